The van der Waals surface area contributed by atoms with Gasteiger partial charge in [0.05, 0.1) is 25.3 Å². The number of hydrogen-bond acceptors (Lipinski definition) is 8. The van der Waals surface area contributed by atoms with Crippen LogP contribution in [0.15, 0.2) is 41.4 Å². The highest BCUT2D eigenvalue weighted by Gasteiger charge is 2.34. The number of benzene rings is 1. The molecule has 0 spiro atoms. The summed E-state index contributed by atoms with van der Waals surface area (Å²) in [5.41, 5.74) is 3.86. The van der Waals surface area contributed by atoms with Gasteiger partial charge in [0.2, 0.25) is 17.7 Å². The number of carbonyl (C=O) groups is 3. The van der Waals surface area contributed by atoms with E-state index in [4.69, 9.17) is 21.3 Å². The van der Waals surface area contributed by atoms with Crippen LogP contribution in [0.2, 0.25) is 5.02 Å². The van der Waals surface area contributed by atoms with Crippen molar-refractivity contribution in [1.29, 1.82) is 0 Å². The Kier molecular flexibility index (Phi) is 8.66. The number of fused-ring (bicyclic) bond motifs is 3. The van der Waals surface area contributed by atoms with Crippen molar-refractivity contribution in [3.8, 4) is 5.00 Å². The van der Waals surface area contributed by atoms with Crippen molar-refractivity contribution in [3.63, 3.8) is 0 Å². The first-order chi connectivity index (χ1) is 21.2. The molecule has 0 bridgehead atoms. The van der Waals surface area contributed by atoms with Gasteiger partial charge in [0.1, 0.15) is 16.9 Å². The molecule has 5 heterocycles. The smallest absolute Gasteiger partial charge is 0.246 e. The van der Waals surface area contributed by atoms with Gasteiger partial charge in [0.25, 0.3) is 0 Å². The van der Waals surface area contributed by atoms with Crippen molar-refractivity contribution in [2.24, 2.45) is 4.99 Å². The molecule has 1 aromatic carbocycles. The largest absolute Gasteiger partial charge is 0.378 e. The Morgan fingerprint density at radius 2 is 1.52 bits per heavy atom. The Morgan fingerprint density at radius 1 is 0.909 bits per heavy atom. The maximum atomic E-state index is 13.7. The van der Waals surface area contributed by atoms with Crippen LogP contribution in [0, 0.1) is 20.8 Å². The predicted octanol–water partition coefficient (Wildman–Crippen LogP) is 3.28. The van der Waals surface area contributed by atoms with E-state index in [1.54, 1.807) is 26.0 Å². The molecule has 230 valence electrons. The van der Waals surface area contributed by atoms with Gasteiger partial charge >= 0.3 is 0 Å². The summed E-state index contributed by atoms with van der Waals surface area (Å²) in [7, 11) is 0. The fraction of sp³-hybridized carbons (Fsp3) is 0.419. The monoisotopic (exact) mass is 635 g/mol. The van der Waals surface area contributed by atoms with E-state index in [2.05, 4.69) is 24.0 Å². The Labute approximate surface area is 264 Å². The quantitative estimate of drug-likeness (QED) is 0.398. The molecule has 2 fully saturated rings. The van der Waals surface area contributed by atoms with E-state index >= 15 is 0 Å². The molecule has 2 saturated heterocycles. The number of aromatic nitrogens is 3. The first kappa shape index (κ1) is 30.2. The highest BCUT2D eigenvalue weighted by atomic mass is 35.5. The SMILES string of the molecule is Cc1sc2c(c1C)C(c1ccc(Cl)cc1)=N[C@@H](CC(=O)N1CCN(C(=O)/C=C/C(=O)N3CCOCC3)CC1)c1nnc(C)n1-2. The molecule has 0 aliphatic carbocycles. The van der Waals surface area contributed by atoms with Crippen molar-refractivity contribution in [2.75, 3.05) is 52.5 Å². The first-order valence-corrected chi connectivity index (χ1v) is 15.9. The van der Waals surface area contributed by atoms with Gasteiger partial charge in [-0.1, -0.05) is 23.7 Å². The van der Waals surface area contributed by atoms with Gasteiger partial charge in [-0.2, -0.15) is 0 Å². The molecule has 44 heavy (non-hydrogen) atoms. The topological polar surface area (TPSA) is 113 Å². The van der Waals surface area contributed by atoms with Crippen LogP contribution in [0.4, 0.5) is 0 Å². The van der Waals surface area contributed by atoms with Crippen molar-refractivity contribution >= 4 is 46.4 Å². The van der Waals surface area contributed by atoms with Gasteiger partial charge in [-0.3, -0.25) is 23.9 Å². The summed E-state index contributed by atoms with van der Waals surface area (Å²) >= 11 is 7.88. The lowest BCUT2D eigenvalue weighted by atomic mass is 9.99. The number of nitrogens with zero attached hydrogens (tertiary/aromatic N) is 7. The standard InChI is InChI=1S/C31H34ClN7O4S/c1-19-20(2)44-31-28(19)29(22-4-6-23(32)7-5-22)33-24(30-35-34-21(3)39(30)31)18-27(42)37-12-10-36(11-13-37)25(40)8-9-26(41)38-14-16-43-17-15-38/h4-9,24H,10-18H2,1-3H3/b9-8+/t24-/m0/s1. The summed E-state index contributed by atoms with van der Waals surface area (Å²) in [6.07, 6.45) is 2.77. The average molecular weight is 636 g/mol. The minimum atomic E-state index is -0.553. The van der Waals surface area contributed by atoms with Crippen LogP contribution < -0.4 is 0 Å². The molecule has 3 amide bonds. The van der Waals surface area contributed by atoms with E-state index in [9.17, 15) is 14.4 Å². The minimum absolute atomic E-state index is 0.0651. The lowest BCUT2D eigenvalue weighted by Crippen LogP contribution is -2.50. The Hall–Kier alpha value is -3.87. The van der Waals surface area contributed by atoms with Crippen LogP contribution >= 0.6 is 22.9 Å². The van der Waals surface area contributed by atoms with Crippen LogP contribution in [0.3, 0.4) is 0 Å². The highest BCUT2D eigenvalue weighted by Crippen LogP contribution is 2.39. The number of amides is 3. The molecule has 3 aromatic rings. The zero-order valence-electron chi connectivity index (χ0n) is 25.0. The lowest BCUT2D eigenvalue weighted by Gasteiger charge is -2.34. The normalized spacial score (nSPS) is 18.6. The molecule has 11 nitrogen and oxygen atoms in total. The van der Waals surface area contributed by atoms with Gasteiger partial charge in [-0.25, -0.2) is 0 Å². The van der Waals surface area contributed by atoms with Gasteiger partial charge in [-0.05, 0) is 38.5 Å². The number of morpholine rings is 1. The number of ether oxygens (including phenoxy) is 1. The molecule has 0 N–H and O–H groups in total. The number of thiophene rings is 1. The molecule has 3 aliphatic heterocycles. The fourth-order valence-electron chi connectivity index (χ4n) is 5.74. The first-order valence-electron chi connectivity index (χ1n) is 14.7. The molecule has 13 heteroatoms. The summed E-state index contributed by atoms with van der Waals surface area (Å²) < 4.78 is 7.31. The Morgan fingerprint density at radius 3 is 2.18 bits per heavy atom. The number of rotatable bonds is 5. The van der Waals surface area contributed by atoms with Gasteiger partial charge in [0, 0.05) is 72.4 Å². The predicted molar refractivity (Wildman–Crippen MR) is 168 cm³/mol. The third kappa shape index (κ3) is 5.93. The molecule has 1 atom stereocenters. The van der Waals surface area contributed by atoms with Gasteiger partial charge in [-0.15, -0.1) is 21.5 Å². The zero-order chi connectivity index (χ0) is 31.0. The molecule has 3 aliphatic rings. The van der Waals surface area contributed by atoms with E-state index in [0.29, 0.717) is 63.3 Å². The van der Waals surface area contributed by atoms with Crippen LogP contribution in [-0.2, 0) is 19.1 Å². The van der Waals surface area contributed by atoms with Crippen molar-refractivity contribution in [1.82, 2.24) is 29.5 Å². The number of carbonyl (C=O) groups excluding carboxylic acids is 3. The highest BCUT2D eigenvalue weighted by molar-refractivity contribution is 7.15. The second kappa shape index (κ2) is 12.6. The van der Waals surface area contributed by atoms with E-state index in [0.717, 1.165) is 33.2 Å². The lowest BCUT2D eigenvalue weighted by molar-refractivity contribution is -0.137. The van der Waals surface area contributed by atoms with Crippen molar-refractivity contribution < 1.29 is 19.1 Å². The van der Waals surface area contributed by atoms with Crippen LogP contribution in [0.1, 0.15) is 45.7 Å². The molecule has 0 unspecified atom stereocenters. The summed E-state index contributed by atoms with van der Waals surface area (Å²) in [5, 5.41) is 10.5. The summed E-state index contributed by atoms with van der Waals surface area (Å²) in [6.45, 7) is 9.71. The number of aliphatic imine (C=N–C) groups is 1. The van der Waals surface area contributed by atoms with Crippen molar-refractivity contribution in [3.05, 3.63) is 74.7 Å². The number of halogens is 1. The summed E-state index contributed by atoms with van der Waals surface area (Å²) in [5.74, 6) is 0.871. The zero-order valence-corrected chi connectivity index (χ0v) is 26.5. The fourth-order valence-corrected chi connectivity index (χ4v) is 7.08. The van der Waals surface area contributed by atoms with E-state index < -0.39 is 6.04 Å². The second-order valence-corrected chi connectivity index (χ2v) is 12.7. The molecule has 0 saturated carbocycles. The number of aryl methyl sites for hydroxylation is 2. The average Bonchev–Trinajstić information content (AvgIpc) is 3.52. The van der Waals surface area contributed by atoms with Crippen LogP contribution in [-0.4, -0.2) is 105 Å². The van der Waals surface area contributed by atoms with Gasteiger partial charge < -0.3 is 19.4 Å². The van der Waals surface area contributed by atoms with Crippen LogP contribution in [0.25, 0.3) is 5.00 Å². The third-order valence-electron chi connectivity index (χ3n) is 8.36. The molecule has 6 rings (SSSR count). The summed E-state index contributed by atoms with van der Waals surface area (Å²) in [6, 6.07) is 7.04. The Bertz CT molecular complexity index is 1650. The third-order valence-corrected chi connectivity index (χ3v) is 9.80. The minimum Gasteiger partial charge on any atom is -0.378 e. The summed E-state index contributed by atoms with van der Waals surface area (Å²) in [4.78, 5) is 50.3. The number of piperazine rings is 1. The van der Waals surface area contributed by atoms with Gasteiger partial charge in [0.15, 0.2) is 5.82 Å². The molecule has 0 radical (unpaired) electrons. The second-order valence-electron chi connectivity index (χ2n) is 11.1. The maximum Gasteiger partial charge on any atom is 0.246 e. The van der Waals surface area contributed by atoms with E-state index in [-0.39, 0.29) is 24.1 Å². The van der Waals surface area contributed by atoms with Crippen LogP contribution in [0.5, 0.6) is 0 Å². The Balaban J connectivity index is 1.19. The molecular weight excluding hydrogens is 602 g/mol. The maximum absolute atomic E-state index is 13.7. The van der Waals surface area contributed by atoms with Crippen molar-refractivity contribution in [2.45, 2.75) is 33.2 Å². The molecular formula is C31H34ClN7O4S. The number of hydrogen-bond donors (Lipinski definition) is 0. The molecule has 2 aromatic heterocycles. The van der Waals surface area contributed by atoms with E-state index in [1.165, 1.54) is 17.0 Å². The van der Waals surface area contributed by atoms with E-state index in [1.807, 2.05) is 35.8 Å².